The Bertz CT molecular complexity index is 992. The second-order valence-corrected chi connectivity index (χ2v) is 8.74. The summed E-state index contributed by atoms with van der Waals surface area (Å²) in [5.74, 6) is -0.196. The first-order chi connectivity index (χ1) is 13.6. The number of hydrogen-bond donors (Lipinski definition) is 0. The van der Waals surface area contributed by atoms with Gasteiger partial charge in [0.1, 0.15) is 4.90 Å². The minimum Gasteiger partial charge on any atom is -0.340 e. The van der Waals surface area contributed by atoms with Gasteiger partial charge in [0.05, 0.1) is 17.0 Å². The van der Waals surface area contributed by atoms with E-state index in [0.717, 1.165) is 16.4 Å². The molecule has 1 aromatic carbocycles. The molecule has 1 fully saturated rings. The fourth-order valence-corrected chi connectivity index (χ4v) is 4.89. The van der Waals surface area contributed by atoms with E-state index >= 15 is 0 Å². The molecule has 2 aromatic rings. The molecule has 1 aromatic heterocycles. The largest absolute Gasteiger partial charge is 0.416 e. The number of benzene rings is 1. The van der Waals surface area contributed by atoms with Crippen molar-refractivity contribution < 1.29 is 26.4 Å². The fourth-order valence-electron chi connectivity index (χ4n) is 2.96. The van der Waals surface area contributed by atoms with Crippen molar-refractivity contribution in [1.82, 2.24) is 14.2 Å². The highest BCUT2D eigenvalue weighted by molar-refractivity contribution is 7.89. The Hall–Kier alpha value is -2.17. The Balaban J connectivity index is 1.71. The monoisotopic (exact) mass is 447 g/mol. The van der Waals surface area contributed by atoms with E-state index in [0.29, 0.717) is 11.8 Å². The van der Waals surface area contributed by atoms with E-state index in [2.05, 4.69) is 4.98 Å². The summed E-state index contributed by atoms with van der Waals surface area (Å²) in [6, 6.07) is 7.40. The van der Waals surface area contributed by atoms with E-state index in [9.17, 15) is 26.4 Å². The third-order valence-corrected chi connectivity index (χ3v) is 6.91. The van der Waals surface area contributed by atoms with Crippen LogP contribution in [0.25, 0.3) is 0 Å². The van der Waals surface area contributed by atoms with Gasteiger partial charge in [-0.3, -0.25) is 9.78 Å². The summed E-state index contributed by atoms with van der Waals surface area (Å²) in [4.78, 5) is 17.4. The van der Waals surface area contributed by atoms with Gasteiger partial charge in [0.25, 0.3) is 0 Å². The molecule has 1 saturated heterocycles. The maximum absolute atomic E-state index is 12.9. The van der Waals surface area contributed by atoms with Crippen LogP contribution in [0.1, 0.15) is 11.3 Å². The Morgan fingerprint density at radius 2 is 1.79 bits per heavy atom. The normalized spacial score (nSPS) is 16.1. The Labute approximate surface area is 170 Å². The number of carbonyl (C=O) groups excluding carboxylic acids is 1. The van der Waals surface area contributed by atoms with Gasteiger partial charge in [0.2, 0.25) is 15.9 Å². The van der Waals surface area contributed by atoms with E-state index in [1.54, 1.807) is 24.4 Å². The summed E-state index contributed by atoms with van der Waals surface area (Å²) in [7, 11) is -4.23. The van der Waals surface area contributed by atoms with Crippen molar-refractivity contribution in [1.29, 1.82) is 0 Å². The molecule has 0 saturated carbocycles. The number of alkyl halides is 3. The van der Waals surface area contributed by atoms with E-state index in [4.69, 9.17) is 11.6 Å². The zero-order chi connectivity index (χ0) is 21.2. The topological polar surface area (TPSA) is 70.6 Å². The van der Waals surface area contributed by atoms with Crippen LogP contribution in [0.5, 0.6) is 0 Å². The Morgan fingerprint density at radius 3 is 2.38 bits per heavy atom. The van der Waals surface area contributed by atoms with Crippen molar-refractivity contribution in [3.8, 4) is 0 Å². The number of amides is 1. The number of carbonyl (C=O) groups is 1. The molecule has 0 atom stereocenters. The first kappa shape index (κ1) is 21.5. The Morgan fingerprint density at radius 1 is 1.10 bits per heavy atom. The highest BCUT2D eigenvalue weighted by Crippen LogP contribution is 2.34. The molecule has 0 radical (unpaired) electrons. The number of rotatable bonds is 4. The SMILES string of the molecule is O=C(Cc1ccccn1)N1CCN(S(=O)(=O)c2cc(C(F)(F)F)ccc2Cl)CC1. The lowest BCUT2D eigenvalue weighted by molar-refractivity contribution is -0.137. The molecule has 29 heavy (non-hydrogen) atoms. The van der Waals surface area contributed by atoms with E-state index in [1.807, 2.05) is 0 Å². The van der Waals surface area contributed by atoms with Crippen molar-refractivity contribution >= 4 is 27.5 Å². The molecule has 11 heteroatoms. The van der Waals surface area contributed by atoms with Gasteiger partial charge >= 0.3 is 6.18 Å². The minimum absolute atomic E-state index is 0.0388. The maximum Gasteiger partial charge on any atom is 0.416 e. The molecular formula is C18H17ClF3N3O3S. The molecule has 1 amide bonds. The third kappa shape index (κ3) is 4.88. The van der Waals surface area contributed by atoms with Crippen molar-refractivity contribution in [3.63, 3.8) is 0 Å². The van der Waals surface area contributed by atoms with Crippen molar-refractivity contribution in [2.75, 3.05) is 26.2 Å². The van der Waals surface area contributed by atoms with Gasteiger partial charge in [-0.2, -0.15) is 17.5 Å². The lowest BCUT2D eigenvalue weighted by Crippen LogP contribution is -2.50. The number of piperazine rings is 1. The Kier molecular flexibility index (Phi) is 6.16. The van der Waals surface area contributed by atoms with Crippen LogP contribution < -0.4 is 0 Å². The maximum atomic E-state index is 12.9. The predicted octanol–water partition coefficient (Wildman–Crippen LogP) is 2.83. The average Bonchev–Trinajstić information content (AvgIpc) is 2.68. The highest BCUT2D eigenvalue weighted by atomic mass is 35.5. The quantitative estimate of drug-likeness (QED) is 0.722. The summed E-state index contributed by atoms with van der Waals surface area (Å²) < 4.78 is 65.5. The summed E-state index contributed by atoms with van der Waals surface area (Å²) in [6.45, 7) is 0.175. The van der Waals surface area contributed by atoms with Gasteiger partial charge in [-0.25, -0.2) is 8.42 Å². The summed E-state index contributed by atoms with van der Waals surface area (Å²) >= 11 is 5.87. The predicted molar refractivity (Wildman–Crippen MR) is 99.7 cm³/mol. The van der Waals surface area contributed by atoms with E-state index in [-0.39, 0.29) is 43.5 Å². The van der Waals surface area contributed by atoms with Gasteiger partial charge < -0.3 is 4.90 Å². The first-order valence-electron chi connectivity index (χ1n) is 8.63. The van der Waals surface area contributed by atoms with Gasteiger partial charge in [-0.15, -0.1) is 0 Å². The van der Waals surface area contributed by atoms with Crippen LogP contribution in [-0.2, 0) is 27.4 Å². The molecule has 0 bridgehead atoms. The van der Waals surface area contributed by atoms with Crippen LogP contribution >= 0.6 is 11.6 Å². The van der Waals surface area contributed by atoms with E-state index < -0.39 is 26.7 Å². The standard InChI is InChI=1S/C18H17ClF3N3O3S/c19-15-5-4-13(18(20,21)22)11-16(15)29(27,28)25-9-7-24(8-10-25)17(26)12-14-3-1-2-6-23-14/h1-6,11H,7-10,12H2. The number of sulfonamides is 1. The fraction of sp³-hybridized carbons (Fsp3) is 0.333. The lowest BCUT2D eigenvalue weighted by Gasteiger charge is -2.34. The van der Waals surface area contributed by atoms with Gasteiger partial charge in [-0.1, -0.05) is 17.7 Å². The molecule has 0 aliphatic carbocycles. The number of aromatic nitrogens is 1. The molecular weight excluding hydrogens is 431 g/mol. The molecule has 0 unspecified atom stereocenters. The second-order valence-electron chi connectivity index (χ2n) is 6.43. The molecule has 1 aliphatic heterocycles. The van der Waals surface area contributed by atoms with Gasteiger partial charge in [0, 0.05) is 38.1 Å². The highest BCUT2D eigenvalue weighted by Gasteiger charge is 2.35. The summed E-state index contributed by atoms with van der Waals surface area (Å²) in [5.41, 5.74) is -0.493. The first-order valence-corrected chi connectivity index (χ1v) is 10.5. The molecule has 6 nitrogen and oxygen atoms in total. The third-order valence-electron chi connectivity index (χ3n) is 4.53. The minimum atomic E-state index is -4.69. The number of pyridine rings is 1. The van der Waals surface area contributed by atoms with Crippen LogP contribution in [0.15, 0.2) is 47.5 Å². The van der Waals surface area contributed by atoms with Crippen molar-refractivity contribution in [2.24, 2.45) is 0 Å². The average molecular weight is 448 g/mol. The van der Waals surface area contributed by atoms with Crippen LogP contribution in [0, 0.1) is 0 Å². The molecule has 1 aliphatic rings. The summed E-state index contributed by atoms with van der Waals surface area (Å²) in [5, 5.41) is -0.286. The molecule has 0 spiro atoms. The van der Waals surface area contributed by atoms with Crippen molar-refractivity contribution in [2.45, 2.75) is 17.5 Å². The van der Waals surface area contributed by atoms with Crippen LogP contribution in [-0.4, -0.2) is 54.7 Å². The molecule has 3 rings (SSSR count). The lowest BCUT2D eigenvalue weighted by atomic mass is 10.2. The summed E-state index contributed by atoms with van der Waals surface area (Å²) in [6.07, 6.45) is -3.02. The van der Waals surface area contributed by atoms with Gasteiger partial charge in [-0.05, 0) is 30.3 Å². The van der Waals surface area contributed by atoms with Crippen LogP contribution in [0.3, 0.4) is 0 Å². The smallest absolute Gasteiger partial charge is 0.340 e. The van der Waals surface area contributed by atoms with Crippen molar-refractivity contribution in [3.05, 3.63) is 58.9 Å². The zero-order valence-corrected chi connectivity index (χ0v) is 16.6. The van der Waals surface area contributed by atoms with Crippen LogP contribution in [0.2, 0.25) is 5.02 Å². The number of nitrogens with zero attached hydrogens (tertiary/aromatic N) is 3. The number of halogens is 4. The van der Waals surface area contributed by atoms with E-state index in [1.165, 1.54) is 4.90 Å². The molecule has 0 N–H and O–H groups in total. The second kappa shape index (κ2) is 8.29. The number of hydrogen-bond acceptors (Lipinski definition) is 4. The van der Waals surface area contributed by atoms with Crippen LogP contribution in [0.4, 0.5) is 13.2 Å². The molecule has 2 heterocycles. The zero-order valence-electron chi connectivity index (χ0n) is 15.1. The molecule has 156 valence electrons. The van der Waals surface area contributed by atoms with Gasteiger partial charge in [0.15, 0.2) is 0 Å².